The first-order chi connectivity index (χ1) is 3.41. The van der Waals surface area contributed by atoms with Crippen LogP contribution in [0, 0.1) is 0 Å². The van der Waals surface area contributed by atoms with Crippen molar-refractivity contribution in [3.8, 4) is 0 Å². The van der Waals surface area contributed by atoms with Crippen molar-refractivity contribution in [3.63, 3.8) is 0 Å². The average Bonchev–Trinajstić information content (AvgIpc) is 1.69. The summed E-state index contributed by atoms with van der Waals surface area (Å²) >= 11 is 0. The Hall–Kier alpha value is -0.850. The van der Waals surface area contributed by atoms with Gasteiger partial charge in [0.25, 0.3) is 0 Å². The van der Waals surface area contributed by atoms with Gasteiger partial charge in [-0.3, -0.25) is 4.99 Å². The zero-order chi connectivity index (χ0) is 5.54. The summed E-state index contributed by atoms with van der Waals surface area (Å²) in [6, 6.07) is 0. The Balaban J connectivity index is 3.27. The van der Waals surface area contributed by atoms with Crippen LogP contribution in [0.15, 0.2) is 29.8 Å². The molecule has 0 aliphatic carbocycles. The van der Waals surface area contributed by atoms with Crippen molar-refractivity contribution >= 4 is 6.21 Å². The van der Waals surface area contributed by atoms with Crippen LogP contribution in [0.1, 0.15) is 0 Å². The van der Waals surface area contributed by atoms with Crippen LogP contribution in [0.3, 0.4) is 0 Å². The summed E-state index contributed by atoms with van der Waals surface area (Å²) in [7, 11) is 1.73. The molecule has 0 spiro atoms. The molecule has 0 saturated heterocycles. The molecule has 1 nitrogen and oxygen atoms in total. The largest absolute Gasteiger partial charge is 0.297 e. The van der Waals surface area contributed by atoms with Crippen LogP contribution in [-0.4, -0.2) is 13.3 Å². The van der Waals surface area contributed by atoms with E-state index >= 15 is 0 Å². The molecule has 0 fully saturated rings. The first-order valence-electron chi connectivity index (χ1n) is 2.11. The molecule has 0 radical (unpaired) electrons. The summed E-state index contributed by atoms with van der Waals surface area (Å²) in [6.07, 6.45) is 7.07. The minimum atomic E-state index is 1.71. The quantitative estimate of drug-likeness (QED) is 0.363. The SMILES string of the molecule is C=C/C=C\C=NC. The second-order valence-corrected chi connectivity index (χ2v) is 1.03. The molecular formula is C6H9N. The van der Waals surface area contributed by atoms with E-state index in [0.29, 0.717) is 0 Å². The van der Waals surface area contributed by atoms with Crippen LogP contribution >= 0.6 is 0 Å². The Morgan fingerprint density at radius 2 is 2.14 bits per heavy atom. The Labute approximate surface area is 44.1 Å². The summed E-state index contributed by atoms with van der Waals surface area (Å²) in [5, 5.41) is 0. The average molecular weight is 95.1 g/mol. The lowest BCUT2D eigenvalue weighted by molar-refractivity contribution is 1.48. The molecule has 0 rings (SSSR count). The van der Waals surface area contributed by atoms with Crippen molar-refractivity contribution in [1.82, 2.24) is 0 Å². The predicted octanol–water partition coefficient (Wildman–Crippen LogP) is 1.43. The van der Waals surface area contributed by atoms with Crippen LogP contribution in [-0.2, 0) is 0 Å². The molecule has 0 atom stereocenters. The Morgan fingerprint density at radius 1 is 1.43 bits per heavy atom. The van der Waals surface area contributed by atoms with Crippen LogP contribution in [0.4, 0.5) is 0 Å². The van der Waals surface area contributed by atoms with E-state index in [0.717, 1.165) is 0 Å². The summed E-state index contributed by atoms with van der Waals surface area (Å²) in [5.41, 5.74) is 0. The van der Waals surface area contributed by atoms with Gasteiger partial charge in [0.2, 0.25) is 0 Å². The topological polar surface area (TPSA) is 12.4 Å². The lowest BCUT2D eigenvalue weighted by Gasteiger charge is -1.65. The molecule has 0 aromatic carbocycles. The van der Waals surface area contributed by atoms with Crippen LogP contribution in [0.5, 0.6) is 0 Å². The number of nitrogens with zero attached hydrogens (tertiary/aromatic N) is 1. The number of rotatable bonds is 2. The molecular weight excluding hydrogens is 86.1 g/mol. The van der Waals surface area contributed by atoms with Crippen molar-refractivity contribution in [3.05, 3.63) is 24.8 Å². The highest BCUT2D eigenvalue weighted by atomic mass is 14.6. The zero-order valence-corrected chi connectivity index (χ0v) is 4.46. The Bertz CT molecular complexity index is 90.4. The van der Waals surface area contributed by atoms with E-state index in [2.05, 4.69) is 11.6 Å². The number of allylic oxidation sites excluding steroid dienone is 3. The highest BCUT2D eigenvalue weighted by Gasteiger charge is 1.52. The standard InChI is InChI=1S/C6H9N/c1-3-4-5-6-7-2/h3-6H,1H2,2H3/b5-4-,7-6?. The van der Waals surface area contributed by atoms with Crippen molar-refractivity contribution in [2.24, 2.45) is 4.99 Å². The monoisotopic (exact) mass is 95.1 g/mol. The third-order valence-electron chi connectivity index (χ3n) is 0.482. The molecule has 7 heavy (non-hydrogen) atoms. The predicted molar refractivity (Wildman–Crippen MR) is 33.8 cm³/mol. The van der Waals surface area contributed by atoms with Gasteiger partial charge in [0, 0.05) is 13.3 Å². The minimum Gasteiger partial charge on any atom is -0.297 e. The van der Waals surface area contributed by atoms with Crippen molar-refractivity contribution in [2.75, 3.05) is 7.05 Å². The minimum absolute atomic E-state index is 1.71. The fourth-order valence-corrected chi connectivity index (χ4v) is 0.214. The first-order valence-corrected chi connectivity index (χ1v) is 2.11. The van der Waals surface area contributed by atoms with Gasteiger partial charge in [-0.15, -0.1) is 0 Å². The Morgan fingerprint density at radius 3 is 2.57 bits per heavy atom. The summed E-state index contributed by atoms with van der Waals surface area (Å²) in [5.74, 6) is 0. The number of aliphatic imine (C=N–C) groups is 1. The van der Waals surface area contributed by atoms with E-state index in [1.54, 1.807) is 19.3 Å². The summed E-state index contributed by atoms with van der Waals surface area (Å²) in [6.45, 7) is 3.48. The summed E-state index contributed by atoms with van der Waals surface area (Å²) < 4.78 is 0. The van der Waals surface area contributed by atoms with Crippen LogP contribution in [0.25, 0.3) is 0 Å². The van der Waals surface area contributed by atoms with Gasteiger partial charge >= 0.3 is 0 Å². The molecule has 1 heteroatoms. The maximum absolute atomic E-state index is 3.71. The van der Waals surface area contributed by atoms with E-state index in [1.807, 2.05) is 12.2 Å². The van der Waals surface area contributed by atoms with E-state index in [-0.39, 0.29) is 0 Å². The third kappa shape index (κ3) is 5.15. The smallest absolute Gasteiger partial charge is 0.0277 e. The van der Waals surface area contributed by atoms with E-state index < -0.39 is 0 Å². The third-order valence-corrected chi connectivity index (χ3v) is 0.482. The molecule has 0 heterocycles. The van der Waals surface area contributed by atoms with Gasteiger partial charge in [-0.2, -0.15) is 0 Å². The molecule has 0 unspecified atom stereocenters. The molecule has 38 valence electrons. The zero-order valence-electron chi connectivity index (χ0n) is 4.46. The van der Waals surface area contributed by atoms with Crippen molar-refractivity contribution in [2.45, 2.75) is 0 Å². The number of hydrogen-bond acceptors (Lipinski definition) is 1. The Kier molecular flexibility index (Phi) is 4.52. The second-order valence-electron chi connectivity index (χ2n) is 1.03. The highest BCUT2D eigenvalue weighted by Crippen LogP contribution is 1.66. The number of hydrogen-bond donors (Lipinski definition) is 0. The highest BCUT2D eigenvalue weighted by molar-refractivity contribution is 5.71. The maximum atomic E-state index is 3.71. The van der Waals surface area contributed by atoms with Gasteiger partial charge < -0.3 is 0 Å². The van der Waals surface area contributed by atoms with E-state index in [4.69, 9.17) is 0 Å². The normalized spacial score (nSPS) is 11.0. The van der Waals surface area contributed by atoms with Gasteiger partial charge in [-0.1, -0.05) is 18.7 Å². The van der Waals surface area contributed by atoms with E-state index in [1.165, 1.54) is 0 Å². The molecule has 0 aromatic heterocycles. The second kappa shape index (κ2) is 5.15. The maximum Gasteiger partial charge on any atom is 0.0277 e. The molecule has 0 saturated carbocycles. The molecule has 0 N–H and O–H groups in total. The molecule has 0 amide bonds. The fraction of sp³-hybridized carbons (Fsp3) is 0.167. The molecule has 0 aliphatic rings. The lowest BCUT2D eigenvalue weighted by atomic mass is 10.5. The van der Waals surface area contributed by atoms with Crippen molar-refractivity contribution in [1.29, 1.82) is 0 Å². The molecule has 0 aliphatic heterocycles. The van der Waals surface area contributed by atoms with E-state index in [9.17, 15) is 0 Å². The van der Waals surface area contributed by atoms with Crippen LogP contribution < -0.4 is 0 Å². The lowest BCUT2D eigenvalue weighted by Crippen LogP contribution is -1.57. The fourth-order valence-electron chi connectivity index (χ4n) is 0.214. The van der Waals surface area contributed by atoms with Crippen molar-refractivity contribution < 1.29 is 0 Å². The summed E-state index contributed by atoms with van der Waals surface area (Å²) in [4.78, 5) is 3.71. The molecule has 0 aromatic rings. The van der Waals surface area contributed by atoms with Gasteiger partial charge in [0.1, 0.15) is 0 Å². The first kappa shape index (κ1) is 6.15. The van der Waals surface area contributed by atoms with Gasteiger partial charge in [-0.05, 0) is 6.08 Å². The molecule has 0 bridgehead atoms. The van der Waals surface area contributed by atoms with Gasteiger partial charge in [-0.25, -0.2) is 0 Å². The van der Waals surface area contributed by atoms with Gasteiger partial charge in [0.05, 0.1) is 0 Å². The van der Waals surface area contributed by atoms with Crippen LogP contribution in [0.2, 0.25) is 0 Å². The van der Waals surface area contributed by atoms with Gasteiger partial charge in [0.15, 0.2) is 0 Å².